The SMILES string of the molecule is Oc1ccc(F)cc1-c1cccc2ccccc12. The van der Waals surface area contributed by atoms with E-state index in [4.69, 9.17) is 0 Å². The van der Waals surface area contributed by atoms with E-state index in [2.05, 4.69) is 0 Å². The van der Waals surface area contributed by atoms with Crippen molar-refractivity contribution in [1.29, 1.82) is 0 Å². The second kappa shape index (κ2) is 4.15. The topological polar surface area (TPSA) is 20.2 Å². The lowest BCUT2D eigenvalue weighted by Gasteiger charge is -2.08. The zero-order valence-electron chi connectivity index (χ0n) is 9.60. The van der Waals surface area contributed by atoms with Gasteiger partial charge in [0.15, 0.2) is 0 Å². The zero-order chi connectivity index (χ0) is 12.5. The molecule has 0 atom stereocenters. The average Bonchev–Trinajstić information content (AvgIpc) is 2.41. The van der Waals surface area contributed by atoms with Crippen LogP contribution in [-0.4, -0.2) is 5.11 Å². The maximum absolute atomic E-state index is 13.3. The number of fused-ring (bicyclic) bond motifs is 1. The van der Waals surface area contributed by atoms with Gasteiger partial charge in [-0.3, -0.25) is 0 Å². The first-order valence-corrected chi connectivity index (χ1v) is 5.72. The van der Waals surface area contributed by atoms with Crippen molar-refractivity contribution in [1.82, 2.24) is 0 Å². The molecule has 0 radical (unpaired) electrons. The van der Waals surface area contributed by atoms with Crippen LogP contribution < -0.4 is 0 Å². The normalized spacial score (nSPS) is 10.7. The monoisotopic (exact) mass is 238 g/mol. The van der Waals surface area contributed by atoms with Crippen molar-refractivity contribution in [3.63, 3.8) is 0 Å². The van der Waals surface area contributed by atoms with Crippen LogP contribution in [0.15, 0.2) is 60.7 Å². The lowest BCUT2D eigenvalue weighted by molar-refractivity contribution is 0.475. The average molecular weight is 238 g/mol. The van der Waals surface area contributed by atoms with E-state index in [0.717, 1.165) is 16.3 Å². The van der Waals surface area contributed by atoms with Gasteiger partial charge in [-0.25, -0.2) is 4.39 Å². The lowest BCUT2D eigenvalue weighted by atomic mass is 9.97. The summed E-state index contributed by atoms with van der Waals surface area (Å²) in [5, 5.41) is 12.0. The molecule has 3 aromatic carbocycles. The Bertz CT molecular complexity index is 714. The van der Waals surface area contributed by atoms with Gasteiger partial charge in [-0.15, -0.1) is 0 Å². The summed E-state index contributed by atoms with van der Waals surface area (Å²) in [6.45, 7) is 0. The van der Waals surface area contributed by atoms with Gasteiger partial charge in [0.1, 0.15) is 11.6 Å². The van der Waals surface area contributed by atoms with Crippen molar-refractivity contribution in [2.24, 2.45) is 0 Å². The minimum Gasteiger partial charge on any atom is -0.507 e. The Kier molecular flexibility index (Phi) is 2.49. The Morgan fingerprint density at radius 2 is 1.56 bits per heavy atom. The molecule has 88 valence electrons. The van der Waals surface area contributed by atoms with Crippen LogP contribution in [0.5, 0.6) is 5.75 Å². The third-order valence-electron chi connectivity index (χ3n) is 3.04. The van der Waals surface area contributed by atoms with Crippen LogP contribution in [0.25, 0.3) is 21.9 Å². The summed E-state index contributed by atoms with van der Waals surface area (Å²) in [7, 11) is 0. The summed E-state index contributed by atoms with van der Waals surface area (Å²) in [6.07, 6.45) is 0. The number of phenols is 1. The lowest BCUT2D eigenvalue weighted by Crippen LogP contribution is -1.84. The molecular weight excluding hydrogens is 227 g/mol. The van der Waals surface area contributed by atoms with Crippen LogP contribution in [0.1, 0.15) is 0 Å². The molecule has 0 heterocycles. The van der Waals surface area contributed by atoms with Gasteiger partial charge in [-0.2, -0.15) is 0 Å². The van der Waals surface area contributed by atoms with Crippen LogP contribution in [0.4, 0.5) is 4.39 Å². The fraction of sp³-hybridized carbons (Fsp3) is 0. The zero-order valence-corrected chi connectivity index (χ0v) is 9.60. The summed E-state index contributed by atoms with van der Waals surface area (Å²) in [5.41, 5.74) is 1.36. The number of hydrogen-bond acceptors (Lipinski definition) is 1. The van der Waals surface area contributed by atoms with Gasteiger partial charge in [0.2, 0.25) is 0 Å². The molecule has 0 unspecified atom stereocenters. The Balaban J connectivity index is 2.35. The quantitative estimate of drug-likeness (QED) is 0.668. The van der Waals surface area contributed by atoms with Gasteiger partial charge in [0.25, 0.3) is 0 Å². The first-order valence-electron chi connectivity index (χ1n) is 5.72. The first kappa shape index (κ1) is 10.8. The van der Waals surface area contributed by atoms with Gasteiger partial charge >= 0.3 is 0 Å². The second-order valence-corrected chi connectivity index (χ2v) is 4.19. The largest absolute Gasteiger partial charge is 0.507 e. The van der Waals surface area contributed by atoms with Crippen molar-refractivity contribution >= 4 is 10.8 Å². The Labute approximate surface area is 104 Å². The molecule has 0 saturated carbocycles. The van der Waals surface area contributed by atoms with E-state index in [-0.39, 0.29) is 11.6 Å². The predicted octanol–water partition coefficient (Wildman–Crippen LogP) is 4.35. The van der Waals surface area contributed by atoms with Crippen LogP contribution in [0, 0.1) is 5.82 Å². The van der Waals surface area contributed by atoms with E-state index in [0.29, 0.717) is 5.56 Å². The highest BCUT2D eigenvalue weighted by atomic mass is 19.1. The molecule has 0 aromatic heterocycles. The minimum atomic E-state index is -0.351. The highest BCUT2D eigenvalue weighted by Crippen LogP contribution is 2.34. The number of rotatable bonds is 1. The van der Waals surface area contributed by atoms with E-state index >= 15 is 0 Å². The fourth-order valence-electron chi connectivity index (χ4n) is 2.18. The standard InChI is InChI=1S/C16H11FO/c17-12-8-9-16(18)15(10-12)14-7-3-5-11-4-1-2-6-13(11)14/h1-10,18H. The molecule has 1 N–H and O–H groups in total. The minimum absolute atomic E-state index is 0.0905. The molecule has 0 saturated heterocycles. The number of hydrogen-bond donors (Lipinski definition) is 1. The maximum atomic E-state index is 13.3. The smallest absolute Gasteiger partial charge is 0.124 e. The first-order chi connectivity index (χ1) is 8.75. The van der Waals surface area contributed by atoms with E-state index in [1.165, 1.54) is 18.2 Å². The maximum Gasteiger partial charge on any atom is 0.124 e. The van der Waals surface area contributed by atoms with Crippen molar-refractivity contribution in [2.75, 3.05) is 0 Å². The van der Waals surface area contributed by atoms with Crippen molar-refractivity contribution < 1.29 is 9.50 Å². The highest BCUT2D eigenvalue weighted by molar-refractivity contribution is 5.97. The Morgan fingerprint density at radius 3 is 2.44 bits per heavy atom. The highest BCUT2D eigenvalue weighted by Gasteiger charge is 2.08. The van der Waals surface area contributed by atoms with Gasteiger partial charge in [0, 0.05) is 5.56 Å². The Morgan fingerprint density at radius 1 is 0.778 bits per heavy atom. The summed E-state index contributed by atoms with van der Waals surface area (Å²) in [4.78, 5) is 0. The van der Waals surface area contributed by atoms with Gasteiger partial charge in [0.05, 0.1) is 0 Å². The molecule has 0 spiro atoms. The van der Waals surface area contributed by atoms with E-state index in [1.807, 2.05) is 42.5 Å². The number of aromatic hydroxyl groups is 1. The summed E-state index contributed by atoms with van der Waals surface area (Å²) >= 11 is 0. The number of phenolic OH excluding ortho intramolecular Hbond substituents is 1. The van der Waals surface area contributed by atoms with Crippen LogP contribution in [0.3, 0.4) is 0 Å². The fourth-order valence-corrected chi connectivity index (χ4v) is 2.18. The molecule has 0 amide bonds. The van der Waals surface area contributed by atoms with Gasteiger partial charge in [-0.1, -0.05) is 42.5 Å². The molecule has 18 heavy (non-hydrogen) atoms. The van der Waals surface area contributed by atoms with E-state index < -0.39 is 0 Å². The predicted molar refractivity (Wildman–Crippen MR) is 71.0 cm³/mol. The molecule has 3 rings (SSSR count). The molecule has 2 heteroatoms. The summed E-state index contributed by atoms with van der Waals surface area (Å²) < 4.78 is 13.3. The van der Waals surface area contributed by atoms with Gasteiger partial charge in [-0.05, 0) is 34.5 Å². The van der Waals surface area contributed by atoms with Crippen LogP contribution in [0.2, 0.25) is 0 Å². The van der Waals surface area contributed by atoms with Crippen molar-refractivity contribution in [3.05, 3.63) is 66.5 Å². The molecule has 0 bridgehead atoms. The number of halogens is 1. The molecule has 0 aliphatic heterocycles. The van der Waals surface area contributed by atoms with Crippen LogP contribution in [-0.2, 0) is 0 Å². The second-order valence-electron chi connectivity index (χ2n) is 4.19. The van der Waals surface area contributed by atoms with Gasteiger partial charge < -0.3 is 5.11 Å². The molecule has 1 nitrogen and oxygen atoms in total. The molecule has 3 aromatic rings. The summed E-state index contributed by atoms with van der Waals surface area (Å²) in [5.74, 6) is -0.261. The van der Waals surface area contributed by atoms with Crippen molar-refractivity contribution in [3.8, 4) is 16.9 Å². The molecule has 0 aliphatic carbocycles. The third kappa shape index (κ3) is 1.72. The van der Waals surface area contributed by atoms with E-state index in [9.17, 15) is 9.50 Å². The van der Waals surface area contributed by atoms with E-state index in [1.54, 1.807) is 0 Å². The van der Waals surface area contributed by atoms with Crippen LogP contribution >= 0.6 is 0 Å². The molecule has 0 fully saturated rings. The van der Waals surface area contributed by atoms with Crippen molar-refractivity contribution in [2.45, 2.75) is 0 Å². The number of benzene rings is 3. The summed E-state index contributed by atoms with van der Waals surface area (Å²) in [6, 6.07) is 17.6. The molecular formula is C16H11FO. The third-order valence-corrected chi connectivity index (χ3v) is 3.04. The molecule has 0 aliphatic rings. The Hall–Kier alpha value is -2.35.